The van der Waals surface area contributed by atoms with Crippen LogP contribution in [-0.2, 0) is 16.2 Å². The minimum absolute atomic E-state index is 0.178. The van der Waals surface area contributed by atoms with Gasteiger partial charge in [0.2, 0.25) is 5.91 Å². The van der Waals surface area contributed by atoms with Gasteiger partial charge in [0.05, 0.1) is 4.91 Å². The summed E-state index contributed by atoms with van der Waals surface area (Å²) in [6.07, 6.45) is 1.57. The fourth-order valence-corrected chi connectivity index (χ4v) is 5.16. The molecule has 1 N–H and O–H groups in total. The van der Waals surface area contributed by atoms with Crippen LogP contribution in [0.15, 0.2) is 94.3 Å². The summed E-state index contributed by atoms with van der Waals surface area (Å²) in [4.78, 5) is 39.6. The summed E-state index contributed by atoms with van der Waals surface area (Å²) in [6, 6.07) is 24.4. The molecular weight excluding hydrogens is 571 g/mol. The zero-order chi connectivity index (χ0) is 26.6. The van der Waals surface area contributed by atoms with Gasteiger partial charge in [-0.2, -0.15) is 0 Å². The highest BCUT2D eigenvalue weighted by Gasteiger charge is 2.36. The number of ether oxygens (including phenoxy) is 1. The Hall–Kier alpha value is -3.95. The number of nitrogens with zero attached hydrogens (tertiary/aromatic N) is 1. The standard InChI is InChI=1S/C29H20BrFN2O4S/c30-21-10-13-25(37-17-18-8-11-22(31)12-9-18)20(14-21)15-26-28(35)33(29(36)38-26)16-27(34)32-24-7-3-5-19-4-1-2-6-23(19)24/h1-15H,16-17H2,(H,32,34)/b26-15-. The predicted molar refractivity (Wildman–Crippen MR) is 150 cm³/mol. The first kappa shape index (κ1) is 25.7. The fraction of sp³-hybridized carbons (Fsp3) is 0.0690. The summed E-state index contributed by atoms with van der Waals surface area (Å²) >= 11 is 4.19. The Bertz CT molecular complexity index is 1580. The Morgan fingerprint density at radius 3 is 2.58 bits per heavy atom. The van der Waals surface area contributed by atoms with Crippen molar-refractivity contribution in [1.29, 1.82) is 0 Å². The van der Waals surface area contributed by atoms with E-state index >= 15 is 0 Å². The molecule has 4 aromatic rings. The Labute approximate surface area is 230 Å². The van der Waals surface area contributed by atoms with E-state index in [1.54, 1.807) is 42.5 Å². The van der Waals surface area contributed by atoms with Gasteiger partial charge in [0.15, 0.2) is 0 Å². The SMILES string of the molecule is O=C(CN1C(=O)S/C(=C\c2cc(Br)ccc2OCc2ccc(F)cc2)C1=O)Nc1cccc2ccccc12. The highest BCUT2D eigenvalue weighted by atomic mass is 79.9. The largest absolute Gasteiger partial charge is 0.488 e. The van der Waals surface area contributed by atoms with Gasteiger partial charge < -0.3 is 10.1 Å². The van der Waals surface area contributed by atoms with Gasteiger partial charge in [0.25, 0.3) is 11.1 Å². The molecule has 190 valence electrons. The number of halogens is 2. The molecule has 1 aliphatic rings. The molecule has 1 fully saturated rings. The molecular formula is C29H20BrFN2O4S. The molecule has 9 heteroatoms. The lowest BCUT2D eigenvalue weighted by molar-refractivity contribution is -0.127. The number of anilines is 1. The zero-order valence-electron chi connectivity index (χ0n) is 19.8. The van der Waals surface area contributed by atoms with Crippen molar-refractivity contribution in [2.24, 2.45) is 0 Å². The predicted octanol–water partition coefficient (Wildman–Crippen LogP) is 7.00. The van der Waals surface area contributed by atoms with Crippen LogP contribution >= 0.6 is 27.7 Å². The van der Waals surface area contributed by atoms with Crippen LogP contribution < -0.4 is 10.1 Å². The molecule has 4 aromatic carbocycles. The van der Waals surface area contributed by atoms with Crippen LogP contribution in [0.2, 0.25) is 0 Å². The van der Waals surface area contributed by atoms with E-state index in [4.69, 9.17) is 4.74 Å². The Kier molecular flexibility index (Phi) is 7.57. The summed E-state index contributed by atoms with van der Waals surface area (Å²) in [5, 5.41) is 4.10. The number of carbonyl (C=O) groups is 3. The quantitative estimate of drug-likeness (QED) is 0.235. The smallest absolute Gasteiger partial charge is 0.294 e. The Morgan fingerprint density at radius 1 is 1.00 bits per heavy atom. The van der Waals surface area contributed by atoms with Crippen molar-refractivity contribution in [3.63, 3.8) is 0 Å². The number of carbonyl (C=O) groups excluding carboxylic acids is 3. The number of thioether (sulfide) groups is 1. The van der Waals surface area contributed by atoms with Crippen molar-refractivity contribution in [3.8, 4) is 5.75 Å². The monoisotopic (exact) mass is 590 g/mol. The van der Waals surface area contributed by atoms with Gasteiger partial charge in [0.1, 0.15) is 24.7 Å². The van der Waals surface area contributed by atoms with E-state index in [2.05, 4.69) is 21.2 Å². The third-order valence-electron chi connectivity index (χ3n) is 5.81. The van der Waals surface area contributed by atoms with Crippen molar-refractivity contribution in [2.75, 3.05) is 11.9 Å². The summed E-state index contributed by atoms with van der Waals surface area (Å²) in [5.74, 6) is -0.883. The average Bonchev–Trinajstić information content (AvgIpc) is 3.16. The Morgan fingerprint density at radius 2 is 1.76 bits per heavy atom. The number of hydrogen-bond donors (Lipinski definition) is 1. The van der Waals surface area contributed by atoms with E-state index in [-0.39, 0.29) is 17.3 Å². The molecule has 1 saturated heterocycles. The number of rotatable bonds is 7. The van der Waals surface area contributed by atoms with Crippen LogP contribution in [0.3, 0.4) is 0 Å². The van der Waals surface area contributed by atoms with E-state index < -0.39 is 23.6 Å². The average molecular weight is 591 g/mol. The maximum atomic E-state index is 13.2. The molecule has 0 unspecified atom stereocenters. The summed E-state index contributed by atoms with van der Waals surface area (Å²) in [5.41, 5.74) is 1.96. The maximum absolute atomic E-state index is 13.2. The zero-order valence-corrected chi connectivity index (χ0v) is 22.2. The minimum atomic E-state index is -0.558. The molecule has 38 heavy (non-hydrogen) atoms. The van der Waals surface area contributed by atoms with Crippen molar-refractivity contribution >= 4 is 67.3 Å². The lowest BCUT2D eigenvalue weighted by atomic mass is 10.1. The number of amides is 3. The first-order valence-corrected chi connectivity index (χ1v) is 13.2. The summed E-state index contributed by atoms with van der Waals surface area (Å²) in [6.45, 7) is -0.212. The van der Waals surface area contributed by atoms with E-state index in [1.165, 1.54) is 12.1 Å². The van der Waals surface area contributed by atoms with E-state index in [0.29, 0.717) is 17.0 Å². The number of nitrogens with one attached hydrogen (secondary N) is 1. The van der Waals surface area contributed by atoms with Crippen LogP contribution in [0.4, 0.5) is 14.9 Å². The number of hydrogen-bond acceptors (Lipinski definition) is 5. The van der Waals surface area contributed by atoms with Crippen molar-refractivity contribution in [3.05, 3.63) is 111 Å². The molecule has 0 spiro atoms. The molecule has 1 aliphatic heterocycles. The molecule has 0 saturated carbocycles. The minimum Gasteiger partial charge on any atom is -0.488 e. The van der Waals surface area contributed by atoms with Crippen molar-refractivity contribution in [2.45, 2.75) is 6.61 Å². The molecule has 0 aliphatic carbocycles. The number of fused-ring (bicyclic) bond motifs is 1. The second kappa shape index (κ2) is 11.2. The van der Waals surface area contributed by atoms with Crippen LogP contribution in [0.25, 0.3) is 16.8 Å². The van der Waals surface area contributed by atoms with Crippen LogP contribution in [0.1, 0.15) is 11.1 Å². The first-order chi connectivity index (χ1) is 18.4. The van der Waals surface area contributed by atoms with Crippen molar-refractivity contribution in [1.82, 2.24) is 4.90 Å². The van der Waals surface area contributed by atoms with Crippen LogP contribution in [-0.4, -0.2) is 28.5 Å². The van der Waals surface area contributed by atoms with Gasteiger partial charge in [-0.3, -0.25) is 19.3 Å². The van der Waals surface area contributed by atoms with Gasteiger partial charge in [-0.05, 0) is 65.2 Å². The molecule has 5 rings (SSSR count). The molecule has 0 radical (unpaired) electrons. The lowest BCUT2D eigenvalue weighted by Crippen LogP contribution is -2.36. The third-order valence-corrected chi connectivity index (χ3v) is 7.21. The second-order valence-corrected chi connectivity index (χ2v) is 10.3. The van der Waals surface area contributed by atoms with Gasteiger partial charge in [-0.1, -0.05) is 64.5 Å². The van der Waals surface area contributed by atoms with Crippen LogP contribution in [0.5, 0.6) is 5.75 Å². The topological polar surface area (TPSA) is 75.7 Å². The van der Waals surface area contributed by atoms with Crippen LogP contribution in [0, 0.1) is 5.82 Å². The molecule has 6 nitrogen and oxygen atoms in total. The highest BCUT2D eigenvalue weighted by molar-refractivity contribution is 9.10. The van der Waals surface area contributed by atoms with Gasteiger partial charge in [0, 0.05) is 21.1 Å². The molecule has 1 heterocycles. The van der Waals surface area contributed by atoms with Gasteiger partial charge in [-0.25, -0.2) is 4.39 Å². The highest BCUT2D eigenvalue weighted by Crippen LogP contribution is 2.35. The number of benzene rings is 4. The van der Waals surface area contributed by atoms with Gasteiger partial charge >= 0.3 is 0 Å². The summed E-state index contributed by atoms with van der Waals surface area (Å²) < 4.78 is 19.9. The lowest BCUT2D eigenvalue weighted by Gasteiger charge is -2.14. The molecule has 0 bridgehead atoms. The Balaban J connectivity index is 1.30. The van der Waals surface area contributed by atoms with E-state index in [9.17, 15) is 18.8 Å². The fourth-order valence-electron chi connectivity index (χ4n) is 3.95. The van der Waals surface area contributed by atoms with Crippen molar-refractivity contribution < 1.29 is 23.5 Å². The summed E-state index contributed by atoms with van der Waals surface area (Å²) in [7, 11) is 0. The van der Waals surface area contributed by atoms with Gasteiger partial charge in [-0.15, -0.1) is 0 Å². The normalized spacial score (nSPS) is 14.4. The molecule has 3 amide bonds. The van der Waals surface area contributed by atoms with E-state index in [0.717, 1.165) is 37.5 Å². The first-order valence-electron chi connectivity index (χ1n) is 11.6. The third kappa shape index (κ3) is 5.79. The van der Waals surface area contributed by atoms with E-state index in [1.807, 2.05) is 36.4 Å². The maximum Gasteiger partial charge on any atom is 0.294 e. The molecule has 0 aromatic heterocycles. The molecule has 0 atom stereocenters. The number of imide groups is 1. The second-order valence-electron chi connectivity index (χ2n) is 8.44.